The van der Waals surface area contributed by atoms with E-state index in [9.17, 15) is 24.6 Å². The minimum Gasteiger partial charge on any atom is -0.478 e. The Balaban J connectivity index is 1.55. The zero-order chi connectivity index (χ0) is 29.5. The fourth-order valence-electron chi connectivity index (χ4n) is 4.49. The molecular formula is C31H33NO8S. The van der Waals surface area contributed by atoms with E-state index in [-0.39, 0.29) is 30.3 Å². The molecule has 0 aliphatic carbocycles. The van der Waals surface area contributed by atoms with Crippen molar-refractivity contribution in [2.45, 2.75) is 56.9 Å². The number of amides is 1. The zero-order valence-electron chi connectivity index (χ0n) is 23.0. The number of aliphatic hydroxyl groups excluding tert-OH is 1. The third-order valence-electron chi connectivity index (χ3n) is 6.78. The molecule has 0 spiro atoms. The fourth-order valence-corrected chi connectivity index (χ4v) is 5.56. The third-order valence-corrected chi connectivity index (χ3v) is 7.88. The maximum atomic E-state index is 12.5. The van der Waals surface area contributed by atoms with Crippen molar-refractivity contribution in [2.24, 2.45) is 5.92 Å². The Kier molecular flexibility index (Phi) is 10.2. The molecule has 1 aliphatic heterocycles. The van der Waals surface area contributed by atoms with Gasteiger partial charge < -0.3 is 29.7 Å². The van der Waals surface area contributed by atoms with E-state index < -0.39 is 30.2 Å². The lowest BCUT2D eigenvalue weighted by Gasteiger charge is -2.41. The van der Waals surface area contributed by atoms with E-state index in [0.717, 1.165) is 16.0 Å². The minimum atomic E-state index is -0.972. The predicted molar refractivity (Wildman–Crippen MR) is 153 cm³/mol. The van der Waals surface area contributed by atoms with Gasteiger partial charge >= 0.3 is 11.9 Å². The smallest absolute Gasteiger partial charge is 0.335 e. The molecule has 1 aliphatic rings. The molecule has 0 radical (unpaired) electrons. The lowest BCUT2D eigenvalue weighted by atomic mass is 9.91. The van der Waals surface area contributed by atoms with Crippen LogP contribution in [-0.2, 0) is 30.4 Å². The molecule has 1 saturated heterocycles. The van der Waals surface area contributed by atoms with Crippen LogP contribution in [0.4, 0.5) is 5.69 Å². The van der Waals surface area contributed by atoms with E-state index in [4.69, 9.17) is 14.2 Å². The number of rotatable bonds is 10. The number of carbonyl (C=O) groups is 3. The third kappa shape index (κ3) is 7.95. The molecule has 0 bridgehead atoms. The van der Waals surface area contributed by atoms with Crippen LogP contribution >= 0.6 is 11.8 Å². The van der Waals surface area contributed by atoms with Gasteiger partial charge in [-0.25, -0.2) is 4.79 Å². The van der Waals surface area contributed by atoms with Crippen molar-refractivity contribution in [1.82, 2.24) is 0 Å². The number of carboxylic acids is 1. The van der Waals surface area contributed by atoms with Crippen molar-refractivity contribution >= 4 is 35.3 Å². The van der Waals surface area contributed by atoms with E-state index in [2.05, 4.69) is 12.2 Å². The van der Waals surface area contributed by atoms with Crippen molar-refractivity contribution < 1.29 is 38.8 Å². The average molecular weight is 580 g/mol. The Morgan fingerprint density at radius 1 is 1.00 bits per heavy atom. The summed E-state index contributed by atoms with van der Waals surface area (Å²) in [5.74, 6) is -1.42. The number of ether oxygens (including phenoxy) is 3. The van der Waals surface area contributed by atoms with Gasteiger partial charge in [-0.05, 0) is 54.4 Å². The zero-order valence-corrected chi connectivity index (χ0v) is 23.8. The Hall–Kier alpha value is -3.70. The van der Waals surface area contributed by atoms with Crippen LogP contribution in [0.25, 0.3) is 0 Å². The largest absolute Gasteiger partial charge is 0.478 e. The summed E-state index contributed by atoms with van der Waals surface area (Å²) in [5.41, 5.74) is 3.18. The molecular weight excluding hydrogens is 546 g/mol. The second-order valence-electron chi connectivity index (χ2n) is 9.83. The molecule has 9 nitrogen and oxygen atoms in total. The van der Waals surface area contributed by atoms with Crippen LogP contribution in [0.2, 0.25) is 0 Å². The van der Waals surface area contributed by atoms with Gasteiger partial charge in [-0.15, -0.1) is 11.8 Å². The van der Waals surface area contributed by atoms with Crippen LogP contribution in [0.1, 0.15) is 60.2 Å². The van der Waals surface area contributed by atoms with Crippen molar-refractivity contribution in [1.29, 1.82) is 0 Å². The number of esters is 1. The summed E-state index contributed by atoms with van der Waals surface area (Å²) >= 11 is 1.57. The molecule has 41 heavy (non-hydrogen) atoms. The number of aromatic carboxylic acids is 1. The van der Waals surface area contributed by atoms with Crippen LogP contribution < -0.4 is 5.32 Å². The first-order valence-electron chi connectivity index (χ1n) is 13.2. The summed E-state index contributed by atoms with van der Waals surface area (Å²) in [6, 6.07) is 21.5. The molecule has 0 aromatic heterocycles. The summed E-state index contributed by atoms with van der Waals surface area (Å²) in [7, 11) is 0. The number of benzene rings is 3. The van der Waals surface area contributed by atoms with Gasteiger partial charge in [-0.1, -0.05) is 43.3 Å². The maximum absolute atomic E-state index is 12.5. The van der Waals surface area contributed by atoms with Gasteiger partial charge in [0.2, 0.25) is 0 Å². The van der Waals surface area contributed by atoms with Crippen LogP contribution in [0, 0.1) is 5.92 Å². The minimum absolute atomic E-state index is 0.0375. The molecule has 5 atom stereocenters. The Labute approximate surface area is 242 Å². The average Bonchev–Trinajstić information content (AvgIpc) is 2.96. The SMILES string of the molecule is CC(=O)O[C@@H](C)C(=O)Nc1cccc(C2O[C@H](CSc3ccc(C(=O)O)cc3)[C@H](C)[C@H](c3ccc(CO)cc3)O2)c1. The number of nitrogens with one attached hydrogen (secondary N) is 1. The van der Waals surface area contributed by atoms with Gasteiger partial charge in [0.25, 0.3) is 5.91 Å². The van der Waals surface area contributed by atoms with E-state index in [1.165, 1.54) is 13.8 Å². The number of carbonyl (C=O) groups excluding carboxylic acids is 2. The lowest BCUT2D eigenvalue weighted by Crippen LogP contribution is -2.38. The summed E-state index contributed by atoms with van der Waals surface area (Å²) in [5, 5.41) is 21.4. The first kappa shape index (κ1) is 30.3. The van der Waals surface area contributed by atoms with E-state index >= 15 is 0 Å². The van der Waals surface area contributed by atoms with Crippen molar-refractivity contribution in [2.75, 3.05) is 11.1 Å². The number of hydrogen-bond donors (Lipinski definition) is 3. The maximum Gasteiger partial charge on any atom is 0.335 e. The highest BCUT2D eigenvalue weighted by Crippen LogP contribution is 2.43. The van der Waals surface area contributed by atoms with Crippen LogP contribution in [0.15, 0.2) is 77.7 Å². The summed E-state index contributed by atoms with van der Waals surface area (Å²) in [6.45, 7) is 4.75. The second-order valence-corrected chi connectivity index (χ2v) is 10.9. The van der Waals surface area contributed by atoms with E-state index in [0.29, 0.717) is 17.0 Å². The molecule has 10 heteroatoms. The highest BCUT2D eigenvalue weighted by molar-refractivity contribution is 7.99. The summed E-state index contributed by atoms with van der Waals surface area (Å²) in [6.07, 6.45) is -2.24. The molecule has 1 amide bonds. The molecule has 216 valence electrons. The summed E-state index contributed by atoms with van der Waals surface area (Å²) in [4.78, 5) is 35.8. The Morgan fingerprint density at radius 2 is 1.71 bits per heavy atom. The van der Waals surface area contributed by atoms with Crippen LogP contribution in [0.5, 0.6) is 0 Å². The standard InChI is InChI=1S/C31H33NO8S/c1-18-27(17-41-26-13-11-23(12-14-26)30(36)37)39-31(40-28(18)22-9-7-21(16-33)8-10-22)24-5-4-6-25(15-24)32-29(35)19(2)38-20(3)34/h4-15,18-19,27-28,31,33H,16-17H2,1-3H3,(H,32,35)(H,36,37)/t18-,19-,27+,28+,31?/m0/s1. The monoisotopic (exact) mass is 579 g/mol. The Bertz CT molecular complexity index is 1360. The molecule has 1 heterocycles. The first-order valence-corrected chi connectivity index (χ1v) is 14.2. The van der Waals surface area contributed by atoms with Gasteiger partial charge in [0.1, 0.15) is 0 Å². The van der Waals surface area contributed by atoms with Crippen molar-refractivity contribution in [3.8, 4) is 0 Å². The van der Waals surface area contributed by atoms with Gasteiger partial charge in [-0.2, -0.15) is 0 Å². The highest BCUT2D eigenvalue weighted by atomic mass is 32.2. The van der Waals surface area contributed by atoms with Crippen LogP contribution in [0.3, 0.4) is 0 Å². The second kappa shape index (κ2) is 13.8. The molecule has 4 rings (SSSR count). The molecule has 1 fully saturated rings. The Morgan fingerprint density at radius 3 is 2.34 bits per heavy atom. The number of carboxylic acid groups (broad SMARTS) is 1. The highest BCUT2D eigenvalue weighted by Gasteiger charge is 2.38. The molecule has 3 N–H and O–H groups in total. The number of thioether (sulfide) groups is 1. The van der Waals surface area contributed by atoms with Gasteiger partial charge in [0.15, 0.2) is 12.4 Å². The lowest BCUT2D eigenvalue weighted by molar-refractivity contribution is -0.268. The topological polar surface area (TPSA) is 131 Å². The summed E-state index contributed by atoms with van der Waals surface area (Å²) < 4.78 is 17.9. The van der Waals surface area contributed by atoms with Gasteiger partial charge in [-0.3, -0.25) is 9.59 Å². The number of anilines is 1. The van der Waals surface area contributed by atoms with Gasteiger partial charge in [0.05, 0.1) is 24.4 Å². The van der Waals surface area contributed by atoms with Gasteiger partial charge in [0, 0.05) is 34.7 Å². The molecule has 0 saturated carbocycles. The quantitative estimate of drug-likeness (QED) is 0.215. The molecule has 3 aromatic rings. The molecule has 3 aromatic carbocycles. The molecule has 1 unspecified atom stereocenters. The van der Waals surface area contributed by atoms with Crippen molar-refractivity contribution in [3.05, 3.63) is 95.1 Å². The number of aliphatic hydroxyl groups is 1. The van der Waals surface area contributed by atoms with Crippen LogP contribution in [-0.4, -0.2) is 46.0 Å². The van der Waals surface area contributed by atoms with E-state index in [1.54, 1.807) is 54.2 Å². The number of hydrogen-bond acceptors (Lipinski definition) is 8. The van der Waals surface area contributed by atoms with Crippen molar-refractivity contribution in [3.63, 3.8) is 0 Å². The first-order chi connectivity index (χ1) is 19.6. The van der Waals surface area contributed by atoms with E-state index in [1.807, 2.05) is 30.3 Å². The predicted octanol–water partition coefficient (Wildman–Crippen LogP) is 5.35. The normalized spacial score (nSPS) is 21.1. The fraction of sp³-hybridized carbons (Fsp3) is 0.323.